The number of nitrogens with zero attached hydrogens (tertiary/aromatic N) is 2. The van der Waals surface area contributed by atoms with Crippen molar-refractivity contribution in [2.45, 2.75) is 19.1 Å². The zero-order valence-corrected chi connectivity index (χ0v) is 11.8. The number of aliphatic carboxylic acids is 1. The molecule has 1 amide bonds. The summed E-state index contributed by atoms with van der Waals surface area (Å²) in [6.07, 6.45) is -3.17. The Morgan fingerprint density at radius 3 is 2.61 bits per heavy atom. The third-order valence-electron chi connectivity index (χ3n) is 2.98. The van der Waals surface area contributed by atoms with Crippen LogP contribution in [0.5, 0.6) is 0 Å². The molecule has 0 radical (unpaired) electrons. The van der Waals surface area contributed by atoms with E-state index < -0.39 is 29.7 Å². The molecule has 1 aromatic carbocycles. The van der Waals surface area contributed by atoms with E-state index in [1.54, 1.807) is 0 Å². The van der Waals surface area contributed by atoms with Crippen molar-refractivity contribution in [3.63, 3.8) is 0 Å². The lowest BCUT2D eigenvalue weighted by atomic mass is 10.2. The summed E-state index contributed by atoms with van der Waals surface area (Å²) in [6.45, 7) is 1.28. The minimum absolute atomic E-state index is 0.101. The van der Waals surface area contributed by atoms with Gasteiger partial charge in [-0.05, 0) is 31.2 Å². The molecule has 0 unspecified atom stereocenters. The number of carboxylic acid groups (broad SMARTS) is 1. The number of carboxylic acids is 1. The Bertz CT molecular complexity index is 740. The molecule has 2 N–H and O–H groups in total. The van der Waals surface area contributed by atoms with E-state index >= 15 is 0 Å². The minimum Gasteiger partial charge on any atom is -0.480 e. The number of nitrogens with one attached hydrogen (secondary N) is 1. The molecular weight excluding hydrogens is 315 g/mol. The van der Waals surface area contributed by atoms with Gasteiger partial charge in [-0.2, -0.15) is 18.3 Å². The summed E-state index contributed by atoms with van der Waals surface area (Å²) in [4.78, 5) is 22.5. The van der Waals surface area contributed by atoms with Gasteiger partial charge in [0.05, 0.1) is 11.3 Å². The molecule has 0 bridgehead atoms. The van der Waals surface area contributed by atoms with Crippen LogP contribution in [0.3, 0.4) is 0 Å². The summed E-state index contributed by atoms with van der Waals surface area (Å²) in [5, 5.41) is 14.8. The molecule has 1 heterocycles. The van der Waals surface area contributed by atoms with Crippen molar-refractivity contribution in [1.29, 1.82) is 0 Å². The lowest BCUT2D eigenvalue weighted by molar-refractivity contribution is -0.139. The average molecular weight is 327 g/mol. The first-order valence-electron chi connectivity index (χ1n) is 6.45. The van der Waals surface area contributed by atoms with Crippen LogP contribution in [-0.2, 0) is 11.0 Å². The summed E-state index contributed by atoms with van der Waals surface area (Å²) >= 11 is 0. The van der Waals surface area contributed by atoms with Crippen LogP contribution in [0.2, 0.25) is 0 Å². The van der Waals surface area contributed by atoms with E-state index in [0.29, 0.717) is 0 Å². The molecule has 1 atom stereocenters. The molecule has 9 heteroatoms. The fourth-order valence-corrected chi connectivity index (χ4v) is 1.75. The quantitative estimate of drug-likeness (QED) is 0.901. The number of rotatable bonds is 4. The Labute approximate surface area is 128 Å². The topological polar surface area (TPSA) is 84.2 Å². The van der Waals surface area contributed by atoms with Gasteiger partial charge in [-0.3, -0.25) is 9.59 Å². The standard InChI is InChI=1S/C14H12F3N3O3/c1-8(13(22)23)18-12(21)11-5-6-20(19-11)10-4-2-3-9(7-10)14(15,16)17/h2-8H,1H3,(H,18,21)(H,22,23)/t8-/m1/s1. The highest BCUT2D eigenvalue weighted by atomic mass is 19.4. The number of alkyl halides is 3. The van der Waals surface area contributed by atoms with Crippen LogP contribution in [-0.4, -0.2) is 32.8 Å². The van der Waals surface area contributed by atoms with Gasteiger partial charge in [0.25, 0.3) is 5.91 Å². The Balaban J connectivity index is 2.23. The third-order valence-corrected chi connectivity index (χ3v) is 2.98. The molecule has 2 aromatic rings. The zero-order valence-electron chi connectivity index (χ0n) is 11.8. The number of hydrogen-bond donors (Lipinski definition) is 2. The maximum Gasteiger partial charge on any atom is 0.416 e. The first-order valence-corrected chi connectivity index (χ1v) is 6.45. The van der Waals surface area contributed by atoms with Crippen molar-refractivity contribution < 1.29 is 27.9 Å². The molecule has 0 fully saturated rings. The molecule has 0 spiro atoms. The van der Waals surface area contributed by atoms with Crippen LogP contribution in [0.25, 0.3) is 5.69 Å². The van der Waals surface area contributed by atoms with Gasteiger partial charge < -0.3 is 10.4 Å². The summed E-state index contributed by atoms with van der Waals surface area (Å²) in [6, 6.07) is 4.63. The van der Waals surface area contributed by atoms with E-state index in [9.17, 15) is 22.8 Å². The Morgan fingerprint density at radius 1 is 1.30 bits per heavy atom. The lowest BCUT2D eigenvalue weighted by Crippen LogP contribution is -2.38. The van der Waals surface area contributed by atoms with Gasteiger partial charge in [0.2, 0.25) is 0 Å². The molecule has 0 saturated heterocycles. The minimum atomic E-state index is -4.49. The number of amides is 1. The van der Waals surface area contributed by atoms with Crippen molar-refractivity contribution in [3.05, 3.63) is 47.8 Å². The summed E-state index contributed by atoms with van der Waals surface area (Å²) in [5.74, 6) is -1.94. The summed E-state index contributed by atoms with van der Waals surface area (Å²) in [5.41, 5.74) is -0.809. The number of halogens is 3. The van der Waals surface area contributed by atoms with Crippen molar-refractivity contribution in [2.75, 3.05) is 0 Å². The Kier molecular flexibility index (Phi) is 4.39. The van der Waals surface area contributed by atoms with Gasteiger partial charge in [0.1, 0.15) is 6.04 Å². The molecule has 0 aliphatic heterocycles. The zero-order chi connectivity index (χ0) is 17.2. The van der Waals surface area contributed by atoms with Crippen LogP contribution >= 0.6 is 0 Å². The first-order chi connectivity index (χ1) is 10.7. The Morgan fingerprint density at radius 2 is 2.00 bits per heavy atom. The van der Waals surface area contributed by atoms with Crippen LogP contribution in [0.4, 0.5) is 13.2 Å². The Hall–Kier alpha value is -2.84. The number of carbonyl (C=O) groups excluding carboxylic acids is 1. The van der Waals surface area contributed by atoms with Gasteiger partial charge in [0.15, 0.2) is 5.69 Å². The smallest absolute Gasteiger partial charge is 0.416 e. The van der Waals surface area contributed by atoms with Crippen molar-refractivity contribution in [2.24, 2.45) is 0 Å². The highest BCUT2D eigenvalue weighted by molar-refractivity contribution is 5.94. The molecule has 23 heavy (non-hydrogen) atoms. The largest absolute Gasteiger partial charge is 0.480 e. The molecule has 2 rings (SSSR count). The lowest BCUT2D eigenvalue weighted by Gasteiger charge is -2.09. The number of benzene rings is 1. The number of aromatic nitrogens is 2. The van der Waals surface area contributed by atoms with Gasteiger partial charge in [-0.1, -0.05) is 6.07 Å². The second-order valence-electron chi connectivity index (χ2n) is 4.73. The van der Waals surface area contributed by atoms with E-state index in [4.69, 9.17) is 5.11 Å². The third kappa shape index (κ3) is 3.87. The predicted molar refractivity (Wildman–Crippen MR) is 73.1 cm³/mol. The molecule has 6 nitrogen and oxygen atoms in total. The molecule has 1 aromatic heterocycles. The van der Waals surface area contributed by atoms with Gasteiger partial charge >= 0.3 is 12.1 Å². The second kappa shape index (κ2) is 6.11. The molecular formula is C14H12F3N3O3. The van der Waals surface area contributed by atoms with Crippen LogP contribution in [0, 0.1) is 0 Å². The van der Waals surface area contributed by atoms with Gasteiger partial charge in [0, 0.05) is 6.20 Å². The normalized spacial score (nSPS) is 12.7. The van der Waals surface area contributed by atoms with Crippen molar-refractivity contribution in [3.8, 4) is 5.69 Å². The van der Waals surface area contributed by atoms with E-state index in [0.717, 1.165) is 16.8 Å². The maximum absolute atomic E-state index is 12.7. The van der Waals surface area contributed by atoms with Crippen LogP contribution < -0.4 is 5.32 Å². The van der Waals surface area contributed by atoms with E-state index in [-0.39, 0.29) is 11.4 Å². The van der Waals surface area contributed by atoms with Crippen LogP contribution in [0.15, 0.2) is 36.5 Å². The van der Waals surface area contributed by atoms with E-state index in [1.165, 1.54) is 31.3 Å². The monoisotopic (exact) mass is 327 g/mol. The van der Waals surface area contributed by atoms with Crippen molar-refractivity contribution in [1.82, 2.24) is 15.1 Å². The highest BCUT2D eigenvalue weighted by Crippen LogP contribution is 2.30. The van der Waals surface area contributed by atoms with Crippen LogP contribution in [0.1, 0.15) is 23.0 Å². The summed E-state index contributed by atoms with van der Waals surface area (Å²) < 4.78 is 39.2. The van der Waals surface area contributed by atoms with E-state index in [2.05, 4.69) is 10.4 Å². The molecule has 0 saturated carbocycles. The first kappa shape index (κ1) is 16.5. The second-order valence-corrected chi connectivity index (χ2v) is 4.73. The molecule has 0 aliphatic carbocycles. The van der Waals surface area contributed by atoms with Gasteiger partial charge in [-0.25, -0.2) is 4.68 Å². The highest BCUT2D eigenvalue weighted by Gasteiger charge is 2.30. The molecule has 0 aliphatic rings. The SMILES string of the molecule is C[C@@H](NC(=O)c1ccn(-c2cccc(C(F)(F)F)c2)n1)C(=O)O. The van der Waals surface area contributed by atoms with Gasteiger partial charge in [-0.15, -0.1) is 0 Å². The number of hydrogen-bond acceptors (Lipinski definition) is 3. The fourth-order valence-electron chi connectivity index (χ4n) is 1.75. The van der Waals surface area contributed by atoms with Crippen molar-refractivity contribution >= 4 is 11.9 Å². The maximum atomic E-state index is 12.7. The number of carbonyl (C=O) groups is 2. The predicted octanol–water partition coefficient (Wildman–Crippen LogP) is 2.09. The fraction of sp³-hybridized carbons (Fsp3) is 0.214. The molecule has 122 valence electrons. The summed E-state index contributed by atoms with van der Waals surface area (Å²) in [7, 11) is 0. The average Bonchev–Trinajstić information content (AvgIpc) is 2.96. The van der Waals surface area contributed by atoms with E-state index in [1.807, 2.05) is 0 Å².